The first-order valence-electron chi connectivity index (χ1n) is 7.73. The van der Waals surface area contributed by atoms with Gasteiger partial charge in [-0.1, -0.05) is 0 Å². The zero-order chi connectivity index (χ0) is 19.3. The van der Waals surface area contributed by atoms with Gasteiger partial charge in [0.2, 0.25) is 0 Å². The molecule has 26 heavy (non-hydrogen) atoms. The third-order valence-corrected chi connectivity index (χ3v) is 3.37. The molecule has 1 aromatic carbocycles. The maximum Gasteiger partial charge on any atom is 0.338 e. The number of nitro groups is 1. The molecule has 0 aliphatic rings. The molecule has 0 aliphatic heterocycles. The van der Waals surface area contributed by atoms with E-state index >= 15 is 0 Å². The Bertz CT molecular complexity index is 834. The van der Waals surface area contributed by atoms with Gasteiger partial charge < -0.3 is 15.0 Å². The number of rotatable bonds is 6. The molecule has 0 aliphatic carbocycles. The molecule has 1 heterocycles. The van der Waals surface area contributed by atoms with E-state index < -0.39 is 16.8 Å². The highest BCUT2D eigenvalue weighted by atomic mass is 16.6. The normalized spacial score (nSPS) is 10.1. The number of anilines is 2. The van der Waals surface area contributed by atoms with Gasteiger partial charge in [0.15, 0.2) is 0 Å². The average Bonchev–Trinajstić information content (AvgIpc) is 2.61. The summed E-state index contributed by atoms with van der Waals surface area (Å²) in [6.07, 6.45) is 1.47. The zero-order valence-corrected chi connectivity index (χ0v) is 14.6. The van der Waals surface area contributed by atoms with E-state index in [0.29, 0.717) is 11.5 Å². The molecule has 0 radical (unpaired) electrons. The molecule has 1 amide bonds. The molecule has 1 aromatic heterocycles. The summed E-state index contributed by atoms with van der Waals surface area (Å²) in [5.74, 6) is -0.621. The number of pyridine rings is 1. The number of ether oxygens (including phenoxy) is 1. The van der Waals surface area contributed by atoms with Crippen LogP contribution in [0.15, 0.2) is 36.5 Å². The van der Waals surface area contributed by atoms with Gasteiger partial charge in [-0.25, -0.2) is 9.78 Å². The summed E-state index contributed by atoms with van der Waals surface area (Å²) in [7, 11) is 3.67. The van der Waals surface area contributed by atoms with Gasteiger partial charge >= 0.3 is 5.97 Å². The quantitative estimate of drug-likeness (QED) is 0.479. The second kappa shape index (κ2) is 8.06. The number of nitro benzene ring substituents is 1. The molecule has 0 saturated carbocycles. The number of nitrogens with zero attached hydrogens (tertiary/aromatic N) is 3. The highest BCUT2D eigenvalue weighted by Gasteiger charge is 2.19. The number of hydrogen-bond donors (Lipinski definition) is 1. The topological polar surface area (TPSA) is 115 Å². The summed E-state index contributed by atoms with van der Waals surface area (Å²) >= 11 is 0. The fraction of sp³-hybridized carbons (Fsp3) is 0.235. The maximum atomic E-state index is 12.4. The summed E-state index contributed by atoms with van der Waals surface area (Å²) in [5.41, 5.74) is -0.0437. The van der Waals surface area contributed by atoms with Crippen LogP contribution < -0.4 is 10.2 Å². The molecule has 2 rings (SSSR count). The van der Waals surface area contributed by atoms with E-state index in [1.165, 1.54) is 12.3 Å². The number of carbonyl (C=O) groups is 2. The minimum absolute atomic E-state index is 0.0288. The molecule has 2 aromatic rings. The third-order valence-electron chi connectivity index (χ3n) is 3.37. The van der Waals surface area contributed by atoms with Crippen molar-refractivity contribution >= 4 is 29.1 Å². The minimum Gasteiger partial charge on any atom is -0.462 e. The van der Waals surface area contributed by atoms with Crippen molar-refractivity contribution in [2.24, 2.45) is 0 Å². The van der Waals surface area contributed by atoms with Gasteiger partial charge in [-0.3, -0.25) is 14.9 Å². The van der Waals surface area contributed by atoms with E-state index in [-0.39, 0.29) is 23.4 Å². The Kier molecular flexibility index (Phi) is 5.84. The second-order valence-electron chi connectivity index (χ2n) is 5.50. The lowest BCUT2D eigenvalue weighted by Gasteiger charge is -2.12. The van der Waals surface area contributed by atoms with Crippen molar-refractivity contribution in [2.45, 2.75) is 6.92 Å². The van der Waals surface area contributed by atoms with Crippen LogP contribution in [-0.2, 0) is 4.74 Å². The lowest BCUT2D eigenvalue weighted by Crippen LogP contribution is -2.15. The Morgan fingerprint density at radius 2 is 1.92 bits per heavy atom. The van der Waals surface area contributed by atoms with E-state index in [0.717, 1.165) is 12.1 Å². The lowest BCUT2D eigenvalue weighted by atomic mass is 10.1. The summed E-state index contributed by atoms with van der Waals surface area (Å²) in [5, 5.41) is 13.7. The lowest BCUT2D eigenvalue weighted by molar-refractivity contribution is -0.384. The fourth-order valence-electron chi connectivity index (χ4n) is 2.11. The SMILES string of the molecule is CCOC(=O)c1cc(C(=O)Nc2ccc(N(C)C)nc2)cc([N+](=O)[O-])c1. The molecule has 0 bridgehead atoms. The van der Waals surface area contributed by atoms with Gasteiger partial charge in [0, 0.05) is 31.8 Å². The van der Waals surface area contributed by atoms with Crippen molar-refractivity contribution < 1.29 is 19.2 Å². The van der Waals surface area contributed by atoms with E-state index in [2.05, 4.69) is 10.3 Å². The maximum absolute atomic E-state index is 12.4. The monoisotopic (exact) mass is 358 g/mol. The van der Waals surface area contributed by atoms with Crippen LogP contribution in [0.1, 0.15) is 27.6 Å². The Labute approximate surface area is 149 Å². The van der Waals surface area contributed by atoms with Gasteiger partial charge in [-0.2, -0.15) is 0 Å². The van der Waals surface area contributed by atoms with E-state index in [4.69, 9.17) is 4.74 Å². The van der Waals surface area contributed by atoms with Crippen LogP contribution >= 0.6 is 0 Å². The third kappa shape index (κ3) is 4.53. The van der Waals surface area contributed by atoms with Crippen molar-refractivity contribution in [1.82, 2.24) is 4.98 Å². The van der Waals surface area contributed by atoms with Crippen LogP contribution in [0.2, 0.25) is 0 Å². The van der Waals surface area contributed by atoms with Crippen molar-refractivity contribution in [3.63, 3.8) is 0 Å². The fourth-order valence-corrected chi connectivity index (χ4v) is 2.11. The number of aromatic nitrogens is 1. The summed E-state index contributed by atoms with van der Waals surface area (Å²) < 4.78 is 4.84. The van der Waals surface area contributed by atoms with Gasteiger partial charge in [-0.05, 0) is 25.1 Å². The van der Waals surface area contributed by atoms with Gasteiger partial charge in [0.1, 0.15) is 5.82 Å². The van der Waals surface area contributed by atoms with Crippen molar-refractivity contribution in [3.8, 4) is 0 Å². The van der Waals surface area contributed by atoms with Gasteiger partial charge in [0.05, 0.1) is 29.0 Å². The van der Waals surface area contributed by atoms with Gasteiger partial charge in [0.25, 0.3) is 11.6 Å². The van der Waals surface area contributed by atoms with Gasteiger partial charge in [-0.15, -0.1) is 0 Å². The molecule has 0 spiro atoms. The molecule has 0 atom stereocenters. The van der Waals surface area contributed by atoms with Crippen molar-refractivity contribution in [1.29, 1.82) is 0 Å². The molecule has 0 fully saturated rings. The first-order valence-corrected chi connectivity index (χ1v) is 7.73. The standard InChI is InChI=1S/C17H18N4O5/c1-4-26-17(23)12-7-11(8-14(9-12)21(24)25)16(22)19-13-5-6-15(18-10-13)20(2)3/h5-10H,4H2,1-3H3,(H,19,22). The van der Waals surface area contributed by atoms with Crippen molar-refractivity contribution in [2.75, 3.05) is 30.9 Å². The van der Waals surface area contributed by atoms with Crippen LogP contribution in [-0.4, -0.2) is 42.5 Å². The highest BCUT2D eigenvalue weighted by Crippen LogP contribution is 2.20. The number of nitrogens with one attached hydrogen (secondary N) is 1. The van der Waals surface area contributed by atoms with Crippen LogP contribution in [0.3, 0.4) is 0 Å². The summed E-state index contributed by atoms with van der Waals surface area (Å²) in [6, 6.07) is 6.79. The van der Waals surface area contributed by atoms with E-state index in [1.807, 2.05) is 14.1 Å². The van der Waals surface area contributed by atoms with Crippen molar-refractivity contribution in [3.05, 3.63) is 57.8 Å². The molecule has 136 valence electrons. The molecular weight excluding hydrogens is 340 g/mol. The Morgan fingerprint density at radius 3 is 2.46 bits per heavy atom. The first kappa shape index (κ1) is 18.8. The molecule has 9 heteroatoms. The largest absolute Gasteiger partial charge is 0.462 e. The number of esters is 1. The second-order valence-corrected chi connectivity index (χ2v) is 5.50. The van der Waals surface area contributed by atoms with E-state index in [9.17, 15) is 19.7 Å². The predicted octanol–water partition coefficient (Wildman–Crippen LogP) is 2.48. The Balaban J connectivity index is 2.29. The number of non-ortho nitro benzene ring substituents is 1. The highest BCUT2D eigenvalue weighted by molar-refractivity contribution is 6.06. The zero-order valence-electron chi connectivity index (χ0n) is 14.6. The van der Waals surface area contributed by atoms with Crippen LogP contribution in [0.4, 0.5) is 17.2 Å². The molecule has 1 N–H and O–H groups in total. The van der Waals surface area contributed by atoms with Crippen LogP contribution in [0.5, 0.6) is 0 Å². The Morgan fingerprint density at radius 1 is 1.23 bits per heavy atom. The average molecular weight is 358 g/mol. The summed E-state index contributed by atoms with van der Waals surface area (Å²) in [4.78, 5) is 40.7. The minimum atomic E-state index is -0.734. The van der Waals surface area contributed by atoms with Crippen LogP contribution in [0.25, 0.3) is 0 Å². The molecule has 0 unspecified atom stereocenters. The van der Waals surface area contributed by atoms with Crippen LogP contribution in [0, 0.1) is 10.1 Å². The molecule has 0 saturated heterocycles. The molecular formula is C17H18N4O5. The number of hydrogen-bond acceptors (Lipinski definition) is 7. The Hall–Kier alpha value is -3.49. The molecule has 9 nitrogen and oxygen atoms in total. The summed E-state index contributed by atoms with van der Waals surface area (Å²) in [6.45, 7) is 1.74. The van der Waals surface area contributed by atoms with E-state index in [1.54, 1.807) is 24.0 Å². The smallest absolute Gasteiger partial charge is 0.338 e. The number of amides is 1. The number of benzene rings is 1. The predicted molar refractivity (Wildman–Crippen MR) is 95.6 cm³/mol. The first-order chi connectivity index (χ1) is 12.3. The number of carbonyl (C=O) groups excluding carboxylic acids is 2.